The van der Waals surface area contributed by atoms with Crippen LogP contribution in [0.3, 0.4) is 0 Å². The number of aromatic nitrogens is 1. The smallest absolute Gasteiger partial charge is 1.00 e. The first kappa shape index (κ1) is 25.7. The van der Waals surface area contributed by atoms with Crippen LogP contribution in [0.1, 0.15) is 39.1 Å². The predicted molar refractivity (Wildman–Crippen MR) is 77.4 cm³/mol. The second-order valence-electron chi connectivity index (χ2n) is 6.44. The number of ether oxygens (including phenoxy) is 2. The van der Waals surface area contributed by atoms with Gasteiger partial charge in [0.2, 0.25) is 11.8 Å². The van der Waals surface area contributed by atoms with Gasteiger partial charge in [-0.2, -0.15) is 0 Å². The molecule has 5 nitrogen and oxygen atoms in total. The summed E-state index contributed by atoms with van der Waals surface area (Å²) in [6.45, 7) is 9.32. The van der Waals surface area contributed by atoms with E-state index in [-0.39, 0.29) is 65.4 Å². The quantitative estimate of drug-likeness (QED) is 0.434. The van der Waals surface area contributed by atoms with Crippen molar-refractivity contribution in [3.8, 4) is 0 Å². The summed E-state index contributed by atoms with van der Waals surface area (Å²) in [5.74, 6) is 1.18. The minimum Gasteiger partial charge on any atom is -1.00 e. The Balaban J connectivity index is 0. The fraction of sp³-hybridized carbons (Fsp3) is 0.533. The predicted octanol–water partition coefficient (Wildman–Crippen LogP) is -6.80. The SMILES string of the molecule is CC1(C)COC(c2cccc(C3=NC(C)(C)CO3)n2)=N1.[Cl-].[Cl-].[Cl-].[Fe+3]. The van der Waals surface area contributed by atoms with Crippen molar-refractivity contribution < 1.29 is 63.8 Å². The van der Waals surface area contributed by atoms with Gasteiger partial charge in [-0.05, 0) is 39.8 Å². The molecule has 0 amide bonds. The fourth-order valence-corrected chi connectivity index (χ4v) is 2.10. The molecule has 0 spiro atoms. The fourth-order valence-electron chi connectivity index (χ4n) is 2.10. The van der Waals surface area contributed by atoms with Gasteiger partial charge in [0, 0.05) is 0 Å². The Morgan fingerprint density at radius 2 is 1.17 bits per heavy atom. The first-order valence-electron chi connectivity index (χ1n) is 6.78. The van der Waals surface area contributed by atoms with Gasteiger partial charge in [-0.1, -0.05) is 6.07 Å². The van der Waals surface area contributed by atoms with Crippen LogP contribution in [0.2, 0.25) is 0 Å². The molecule has 135 valence electrons. The van der Waals surface area contributed by atoms with Crippen LogP contribution in [0, 0.1) is 0 Å². The van der Waals surface area contributed by atoms with Crippen LogP contribution in [0.25, 0.3) is 0 Å². The van der Waals surface area contributed by atoms with Crippen LogP contribution >= 0.6 is 0 Å². The van der Waals surface area contributed by atoms with Gasteiger partial charge >= 0.3 is 17.1 Å². The van der Waals surface area contributed by atoms with E-state index in [9.17, 15) is 0 Å². The molecule has 0 fully saturated rings. The summed E-state index contributed by atoms with van der Waals surface area (Å²) in [5, 5.41) is 0. The summed E-state index contributed by atoms with van der Waals surface area (Å²) < 4.78 is 11.2. The Morgan fingerprint density at radius 3 is 1.46 bits per heavy atom. The molecule has 0 saturated heterocycles. The molecule has 2 aliphatic heterocycles. The molecule has 1 aromatic heterocycles. The summed E-state index contributed by atoms with van der Waals surface area (Å²) in [5.41, 5.74) is 1.08. The van der Waals surface area contributed by atoms with E-state index in [1.165, 1.54) is 0 Å². The maximum Gasteiger partial charge on any atom is 3.00 e. The number of hydrogen-bond acceptors (Lipinski definition) is 5. The number of hydrogen-bond donors (Lipinski definition) is 0. The second-order valence-corrected chi connectivity index (χ2v) is 6.44. The Kier molecular flexibility index (Phi) is 9.91. The molecular formula is C15H19Cl3FeN3O2. The minimum atomic E-state index is -0.184. The van der Waals surface area contributed by atoms with Gasteiger partial charge in [-0.3, -0.25) is 0 Å². The minimum absolute atomic E-state index is 0. The van der Waals surface area contributed by atoms with E-state index in [2.05, 4.69) is 15.0 Å². The molecule has 0 saturated carbocycles. The molecular weight excluding hydrogens is 416 g/mol. The van der Waals surface area contributed by atoms with Crippen LogP contribution in [0.15, 0.2) is 28.2 Å². The molecule has 0 aromatic carbocycles. The van der Waals surface area contributed by atoms with E-state index in [0.29, 0.717) is 25.0 Å². The Bertz CT molecular complexity index is 572. The third-order valence-electron chi connectivity index (χ3n) is 3.12. The molecule has 2 aliphatic rings. The van der Waals surface area contributed by atoms with Crippen LogP contribution < -0.4 is 37.2 Å². The summed E-state index contributed by atoms with van der Waals surface area (Å²) in [7, 11) is 0. The van der Waals surface area contributed by atoms with Gasteiger partial charge in [0.05, 0.1) is 11.1 Å². The van der Waals surface area contributed by atoms with E-state index in [4.69, 9.17) is 9.47 Å². The Morgan fingerprint density at radius 1 is 0.792 bits per heavy atom. The van der Waals surface area contributed by atoms with Crippen molar-refractivity contribution in [1.82, 2.24) is 4.98 Å². The van der Waals surface area contributed by atoms with E-state index < -0.39 is 0 Å². The maximum atomic E-state index is 5.62. The first-order chi connectivity index (χ1) is 9.35. The average Bonchev–Trinajstić information content (AvgIpc) is 2.92. The zero-order valence-corrected chi connectivity index (χ0v) is 17.2. The Labute approximate surface area is 171 Å². The first-order valence-corrected chi connectivity index (χ1v) is 6.78. The summed E-state index contributed by atoms with van der Waals surface area (Å²) >= 11 is 0. The third kappa shape index (κ3) is 5.78. The van der Waals surface area contributed by atoms with Crippen molar-refractivity contribution in [2.45, 2.75) is 38.8 Å². The number of pyridine rings is 1. The van der Waals surface area contributed by atoms with E-state index >= 15 is 0 Å². The molecule has 1 radical (unpaired) electrons. The molecule has 1 aromatic rings. The molecule has 0 aliphatic carbocycles. The zero-order chi connectivity index (χ0) is 14.4. The van der Waals surface area contributed by atoms with Crippen molar-refractivity contribution in [3.63, 3.8) is 0 Å². The van der Waals surface area contributed by atoms with Gasteiger partial charge in [0.25, 0.3) is 0 Å². The van der Waals surface area contributed by atoms with Gasteiger partial charge in [-0.15, -0.1) is 0 Å². The van der Waals surface area contributed by atoms with Crippen molar-refractivity contribution in [1.29, 1.82) is 0 Å². The van der Waals surface area contributed by atoms with E-state index in [1.54, 1.807) is 0 Å². The summed E-state index contributed by atoms with van der Waals surface area (Å²) in [6.07, 6.45) is 0. The standard InChI is InChI=1S/C15H19N3O2.3ClH.Fe/c1-14(2)8-19-12(17-14)10-6-5-7-11(16-10)13-18-15(3,4)9-20-13;;;;/h5-7H,8-9H2,1-4H3;3*1H;/q;;;;+3/p-3. The third-order valence-corrected chi connectivity index (χ3v) is 3.12. The van der Waals surface area contributed by atoms with Crippen molar-refractivity contribution >= 4 is 11.8 Å². The molecule has 9 heteroatoms. The van der Waals surface area contributed by atoms with Crippen molar-refractivity contribution in [2.75, 3.05) is 13.2 Å². The van der Waals surface area contributed by atoms with Crippen LogP contribution in [0.5, 0.6) is 0 Å². The van der Waals surface area contributed by atoms with Crippen LogP contribution in [-0.4, -0.2) is 41.1 Å². The molecule has 3 rings (SSSR count). The largest absolute Gasteiger partial charge is 3.00 e. The number of aliphatic imine (C=N–C) groups is 2. The normalized spacial score (nSPS) is 19.0. The molecule has 0 unspecified atom stereocenters. The maximum absolute atomic E-state index is 5.62. The molecule has 3 heterocycles. The Hall–Kier alpha value is -0.521. The number of halogens is 3. The summed E-state index contributed by atoms with van der Waals surface area (Å²) in [4.78, 5) is 13.6. The van der Waals surface area contributed by atoms with Crippen LogP contribution in [-0.2, 0) is 26.5 Å². The number of rotatable bonds is 2. The average molecular weight is 436 g/mol. The topological polar surface area (TPSA) is 56.1 Å². The molecule has 0 bridgehead atoms. The van der Waals surface area contributed by atoms with Crippen molar-refractivity contribution in [3.05, 3.63) is 29.6 Å². The van der Waals surface area contributed by atoms with Gasteiger partial charge in [0.15, 0.2) is 0 Å². The monoisotopic (exact) mass is 434 g/mol. The summed E-state index contributed by atoms with van der Waals surface area (Å²) in [6, 6.07) is 5.71. The van der Waals surface area contributed by atoms with E-state index in [0.717, 1.165) is 11.4 Å². The van der Waals surface area contributed by atoms with E-state index in [1.807, 2.05) is 45.9 Å². The van der Waals surface area contributed by atoms with Gasteiger partial charge < -0.3 is 46.7 Å². The van der Waals surface area contributed by atoms with Crippen LogP contribution in [0.4, 0.5) is 0 Å². The van der Waals surface area contributed by atoms with Gasteiger partial charge in [-0.25, -0.2) is 15.0 Å². The van der Waals surface area contributed by atoms with Gasteiger partial charge in [0.1, 0.15) is 24.6 Å². The zero-order valence-electron chi connectivity index (χ0n) is 13.8. The second kappa shape index (κ2) is 9.25. The molecule has 0 N–H and O–H groups in total. The molecule has 24 heavy (non-hydrogen) atoms. The number of nitrogens with zero attached hydrogens (tertiary/aromatic N) is 3. The van der Waals surface area contributed by atoms with Crippen molar-refractivity contribution in [2.24, 2.45) is 9.98 Å². The molecule has 0 atom stereocenters.